The van der Waals surface area contributed by atoms with Gasteiger partial charge in [-0.15, -0.1) is 0 Å². The van der Waals surface area contributed by atoms with E-state index < -0.39 is 0 Å². The maximum Gasteiger partial charge on any atom is 0.286 e. The maximum atomic E-state index is 12.0. The summed E-state index contributed by atoms with van der Waals surface area (Å²) in [5.74, 6) is 0.328. The van der Waals surface area contributed by atoms with E-state index in [2.05, 4.69) is 9.89 Å². The van der Waals surface area contributed by atoms with Crippen LogP contribution in [0.4, 0.5) is 0 Å². The predicted molar refractivity (Wildman–Crippen MR) is 88.1 cm³/mol. The molecule has 1 amide bonds. The van der Waals surface area contributed by atoms with Gasteiger partial charge in [0, 0.05) is 13.1 Å². The molecule has 0 spiro atoms. The molecule has 1 N–H and O–H groups in total. The highest BCUT2D eigenvalue weighted by Crippen LogP contribution is 2.33. The van der Waals surface area contributed by atoms with Gasteiger partial charge in [0.15, 0.2) is 16.7 Å². The van der Waals surface area contributed by atoms with Crippen molar-refractivity contribution in [3.8, 4) is 11.5 Å². The lowest BCUT2D eigenvalue weighted by molar-refractivity contribution is -0.113. The number of phenols is 1. The minimum atomic E-state index is -0.196. The van der Waals surface area contributed by atoms with Crippen LogP contribution < -0.4 is 4.74 Å². The average molecular weight is 318 g/mol. The number of thioether (sulfide) groups is 1. The summed E-state index contributed by atoms with van der Waals surface area (Å²) in [6, 6.07) is 5.06. The van der Waals surface area contributed by atoms with E-state index in [1.165, 1.54) is 11.8 Å². The summed E-state index contributed by atoms with van der Waals surface area (Å²) in [4.78, 5) is 18.9. The summed E-state index contributed by atoms with van der Waals surface area (Å²) in [5, 5.41) is 10.5. The molecule has 0 bridgehead atoms. The average Bonchev–Trinajstić information content (AvgIpc) is 3.13. The summed E-state index contributed by atoms with van der Waals surface area (Å²) in [7, 11) is 0. The minimum Gasteiger partial charge on any atom is -0.504 e. The first-order valence-electron chi connectivity index (χ1n) is 7.40. The Kier molecular flexibility index (Phi) is 4.38. The van der Waals surface area contributed by atoms with Gasteiger partial charge in [0.2, 0.25) is 0 Å². The first kappa shape index (κ1) is 15.0. The third kappa shape index (κ3) is 3.11. The predicted octanol–water partition coefficient (Wildman–Crippen LogP) is 2.86. The number of ether oxygens (including phenoxy) is 1. The fourth-order valence-corrected chi connectivity index (χ4v) is 3.45. The molecule has 2 aliphatic rings. The number of aliphatic imine (C=N–C) groups is 1. The number of rotatable bonds is 3. The Labute approximate surface area is 133 Å². The molecular weight excluding hydrogens is 300 g/mol. The molecule has 116 valence electrons. The molecule has 0 atom stereocenters. The van der Waals surface area contributed by atoms with Crippen LogP contribution in [0.5, 0.6) is 11.5 Å². The fourth-order valence-electron chi connectivity index (χ4n) is 2.48. The van der Waals surface area contributed by atoms with Crippen LogP contribution in [0.3, 0.4) is 0 Å². The van der Waals surface area contributed by atoms with Crippen LogP contribution in [0.15, 0.2) is 28.1 Å². The van der Waals surface area contributed by atoms with E-state index in [1.807, 2.05) is 6.92 Å². The quantitative estimate of drug-likeness (QED) is 0.868. The van der Waals surface area contributed by atoms with Gasteiger partial charge in [-0.2, -0.15) is 4.99 Å². The van der Waals surface area contributed by atoms with Crippen molar-refractivity contribution in [3.05, 3.63) is 28.7 Å². The Hall–Kier alpha value is -1.95. The molecule has 5 nitrogen and oxygen atoms in total. The number of benzene rings is 1. The zero-order valence-corrected chi connectivity index (χ0v) is 13.2. The summed E-state index contributed by atoms with van der Waals surface area (Å²) >= 11 is 1.42. The normalized spacial score (nSPS) is 19.9. The molecule has 1 fully saturated rings. The van der Waals surface area contributed by atoms with Crippen LogP contribution in [0.25, 0.3) is 6.08 Å². The van der Waals surface area contributed by atoms with Gasteiger partial charge in [-0.05, 0) is 55.3 Å². The van der Waals surface area contributed by atoms with Gasteiger partial charge < -0.3 is 14.7 Å². The molecule has 0 aromatic heterocycles. The highest BCUT2D eigenvalue weighted by molar-refractivity contribution is 8.18. The number of carbonyl (C=O) groups is 1. The number of phenolic OH excluding ortho intramolecular Hbond substituents is 1. The Morgan fingerprint density at radius 3 is 2.91 bits per heavy atom. The molecule has 22 heavy (non-hydrogen) atoms. The van der Waals surface area contributed by atoms with Crippen molar-refractivity contribution < 1.29 is 14.6 Å². The van der Waals surface area contributed by atoms with Crippen LogP contribution in [0, 0.1) is 0 Å². The lowest BCUT2D eigenvalue weighted by Gasteiger charge is -2.14. The van der Waals surface area contributed by atoms with Gasteiger partial charge in [0.25, 0.3) is 5.91 Å². The van der Waals surface area contributed by atoms with Gasteiger partial charge in [0.1, 0.15) is 0 Å². The van der Waals surface area contributed by atoms with Crippen molar-refractivity contribution >= 4 is 28.9 Å². The molecule has 0 radical (unpaired) electrons. The second kappa shape index (κ2) is 6.44. The van der Waals surface area contributed by atoms with Crippen molar-refractivity contribution in [2.75, 3.05) is 19.7 Å². The van der Waals surface area contributed by atoms with Gasteiger partial charge in [-0.3, -0.25) is 4.79 Å². The van der Waals surface area contributed by atoms with Crippen LogP contribution in [0.2, 0.25) is 0 Å². The number of amidine groups is 1. The van der Waals surface area contributed by atoms with E-state index in [-0.39, 0.29) is 11.7 Å². The molecule has 3 rings (SSSR count). The Morgan fingerprint density at radius 2 is 2.18 bits per heavy atom. The van der Waals surface area contributed by atoms with E-state index in [0.717, 1.165) is 36.7 Å². The third-order valence-corrected chi connectivity index (χ3v) is 4.61. The Balaban J connectivity index is 1.78. The van der Waals surface area contributed by atoms with E-state index in [9.17, 15) is 9.90 Å². The molecule has 0 aliphatic carbocycles. The smallest absolute Gasteiger partial charge is 0.286 e. The summed E-state index contributed by atoms with van der Waals surface area (Å²) < 4.78 is 5.36. The number of aromatic hydroxyl groups is 1. The van der Waals surface area contributed by atoms with Crippen molar-refractivity contribution in [1.82, 2.24) is 4.90 Å². The molecule has 1 aromatic carbocycles. The SMILES string of the molecule is CCOc1cc(C=C2SC(N3CCCC3)=NC2=O)ccc1O. The van der Waals surface area contributed by atoms with E-state index in [4.69, 9.17) is 4.74 Å². The van der Waals surface area contributed by atoms with Crippen molar-refractivity contribution in [2.45, 2.75) is 19.8 Å². The summed E-state index contributed by atoms with van der Waals surface area (Å²) in [5.41, 5.74) is 0.815. The number of likely N-dealkylation sites (tertiary alicyclic amines) is 1. The van der Waals surface area contributed by atoms with Crippen molar-refractivity contribution in [2.24, 2.45) is 4.99 Å². The van der Waals surface area contributed by atoms with Gasteiger partial charge in [-0.1, -0.05) is 6.07 Å². The van der Waals surface area contributed by atoms with Gasteiger partial charge in [0.05, 0.1) is 11.5 Å². The first-order chi connectivity index (χ1) is 10.7. The molecule has 0 saturated carbocycles. The number of hydrogen-bond donors (Lipinski definition) is 1. The van der Waals surface area contributed by atoms with Crippen LogP contribution in [-0.4, -0.2) is 40.8 Å². The minimum absolute atomic E-state index is 0.100. The summed E-state index contributed by atoms with van der Waals surface area (Å²) in [6.45, 7) is 4.28. The Morgan fingerprint density at radius 1 is 1.41 bits per heavy atom. The van der Waals surface area contributed by atoms with E-state index in [1.54, 1.807) is 24.3 Å². The summed E-state index contributed by atoms with van der Waals surface area (Å²) in [6.07, 6.45) is 4.10. The molecule has 2 aliphatic heterocycles. The van der Waals surface area contributed by atoms with E-state index in [0.29, 0.717) is 17.3 Å². The molecule has 1 saturated heterocycles. The lowest BCUT2D eigenvalue weighted by Crippen LogP contribution is -2.23. The molecular formula is C16H18N2O3S. The second-order valence-electron chi connectivity index (χ2n) is 5.16. The molecule has 2 heterocycles. The zero-order chi connectivity index (χ0) is 15.5. The number of amides is 1. The molecule has 1 aromatic rings. The zero-order valence-electron chi connectivity index (χ0n) is 12.4. The maximum absolute atomic E-state index is 12.0. The topological polar surface area (TPSA) is 62.1 Å². The van der Waals surface area contributed by atoms with Crippen molar-refractivity contribution in [3.63, 3.8) is 0 Å². The standard InChI is InChI=1S/C16H18N2O3S/c1-2-21-13-9-11(5-6-12(13)19)10-14-15(20)17-16(22-14)18-7-3-4-8-18/h5-6,9-10,19H,2-4,7-8H2,1H3. The third-order valence-electron chi connectivity index (χ3n) is 3.57. The fraction of sp³-hybridized carbons (Fsp3) is 0.375. The lowest BCUT2D eigenvalue weighted by atomic mass is 10.2. The second-order valence-corrected chi connectivity index (χ2v) is 6.17. The van der Waals surface area contributed by atoms with Gasteiger partial charge >= 0.3 is 0 Å². The molecule has 0 unspecified atom stereocenters. The molecule has 6 heteroatoms. The van der Waals surface area contributed by atoms with Crippen molar-refractivity contribution in [1.29, 1.82) is 0 Å². The number of carbonyl (C=O) groups excluding carboxylic acids is 1. The van der Waals surface area contributed by atoms with Crippen LogP contribution in [-0.2, 0) is 4.79 Å². The number of nitrogens with zero attached hydrogens (tertiary/aromatic N) is 2. The number of hydrogen-bond acceptors (Lipinski definition) is 5. The first-order valence-corrected chi connectivity index (χ1v) is 8.22. The Bertz CT molecular complexity index is 649. The monoisotopic (exact) mass is 318 g/mol. The van der Waals surface area contributed by atoms with E-state index >= 15 is 0 Å². The van der Waals surface area contributed by atoms with Crippen LogP contribution in [0.1, 0.15) is 25.3 Å². The highest BCUT2D eigenvalue weighted by Gasteiger charge is 2.27. The van der Waals surface area contributed by atoms with Gasteiger partial charge in [-0.25, -0.2) is 0 Å². The van der Waals surface area contributed by atoms with Crippen LogP contribution >= 0.6 is 11.8 Å². The highest BCUT2D eigenvalue weighted by atomic mass is 32.2. The largest absolute Gasteiger partial charge is 0.504 e.